The Balaban J connectivity index is 2.06. The maximum Gasteiger partial charge on any atom is 0.0678 e. The number of likely N-dealkylation sites (N-methyl/N-ethyl adjacent to an activating group) is 1. The molecule has 1 aliphatic heterocycles. The highest BCUT2D eigenvalue weighted by atomic mass is 16.3. The Morgan fingerprint density at radius 3 is 2.70 bits per heavy atom. The number of nitrogens with zero attached hydrogens (tertiary/aromatic N) is 1. The van der Waals surface area contributed by atoms with Crippen molar-refractivity contribution >= 4 is 0 Å². The predicted octanol–water partition coefficient (Wildman–Crippen LogP) is 2.36. The summed E-state index contributed by atoms with van der Waals surface area (Å²) in [5.74, 6) is 0. The lowest BCUT2D eigenvalue weighted by atomic mass is 9.87. The van der Waals surface area contributed by atoms with Crippen LogP contribution in [0.1, 0.15) is 38.2 Å². The molecule has 20 heavy (non-hydrogen) atoms. The van der Waals surface area contributed by atoms with E-state index in [1.165, 1.54) is 31.4 Å². The van der Waals surface area contributed by atoms with Gasteiger partial charge < -0.3 is 15.3 Å². The first-order valence-corrected chi connectivity index (χ1v) is 7.85. The van der Waals surface area contributed by atoms with Crippen LogP contribution in [0.25, 0.3) is 0 Å². The molecule has 3 nitrogen and oxygen atoms in total. The topological polar surface area (TPSA) is 35.5 Å². The van der Waals surface area contributed by atoms with Gasteiger partial charge in [-0.15, -0.1) is 0 Å². The maximum absolute atomic E-state index is 9.95. The fraction of sp³-hybridized carbons (Fsp3) is 0.647. The first-order chi connectivity index (χ1) is 9.75. The lowest BCUT2D eigenvalue weighted by molar-refractivity contribution is 0.134. The molecule has 2 N–H and O–H groups in total. The summed E-state index contributed by atoms with van der Waals surface area (Å²) in [5, 5.41) is 13.3. The van der Waals surface area contributed by atoms with Gasteiger partial charge >= 0.3 is 0 Å². The Bertz CT molecular complexity index is 389. The van der Waals surface area contributed by atoms with Gasteiger partial charge in [-0.2, -0.15) is 0 Å². The fourth-order valence-corrected chi connectivity index (χ4v) is 3.41. The van der Waals surface area contributed by atoms with Crippen molar-refractivity contribution in [3.63, 3.8) is 0 Å². The van der Waals surface area contributed by atoms with E-state index in [9.17, 15) is 5.11 Å². The molecule has 0 spiro atoms. The Morgan fingerprint density at radius 1 is 1.35 bits per heavy atom. The van der Waals surface area contributed by atoms with Crippen molar-refractivity contribution in [3.8, 4) is 0 Å². The van der Waals surface area contributed by atoms with Crippen molar-refractivity contribution in [2.24, 2.45) is 0 Å². The van der Waals surface area contributed by atoms with Gasteiger partial charge in [0.15, 0.2) is 0 Å². The molecular formula is C17H28N2O. The molecule has 1 aromatic carbocycles. The summed E-state index contributed by atoms with van der Waals surface area (Å²) in [6, 6.07) is 11.1. The zero-order valence-corrected chi connectivity index (χ0v) is 12.8. The summed E-state index contributed by atoms with van der Waals surface area (Å²) in [6.45, 7) is 4.67. The molecule has 1 fully saturated rings. The number of rotatable bonds is 7. The third kappa shape index (κ3) is 3.22. The van der Waals surface area contributed by atoms with E-state index in [2.05, 4.69) is 29.3 Å². The van der Waals surface area contributed by atoms with E-state index in [4.69, 9.17) is 0 Å². The Hall–Kier alpha value is -0.900. The molecule has 1 saturated heterocycles. The molecular weight excluding hydrogens is 248 g/mol. The van der Waals surface area contributed by atoms with Crippen LogP contribution in [0.3, 0.4) is 0 Å². The minimum Gasteiger partial charge on any atom is -0.394 e. The first-order valence-electron chi connectivity index (χ1n) is 7.85. The van der Waals surface area contributed by atoms with E-state index in [0.29, 0.717) is 0 Å². The van der Waals surface area contributed by atoms with Gasteiger partial charge in [0.25, 0.3) is 0 Å². The molecule has 2 rings (SSSR count). The zero-order valence-electron chi connectivity index (χ0n) is 12.8. The zero-order chi connectivity index (χ0) is 14.4. The number of nitrogens with one attached hydrogen (secondary N) is 1. The van der Waals surface area contributed by atoms with E-state index in [1.807, 2.05) is 25.2 Å². The third-order valence-electron chi connectivity index (χ3n) is 4.87. The number of benzene rings is 1. The van der Waals surface area contributed by atoms with Crippen LogP contribution in [0.15, 0.2) is 30.3 Å². The fourth-order valence-electron chi connectivity index (χ4n) is 3.41. The summed E-state index contributed by atoms with van der Waals surface area (Å²) < 4.78 is 0. The van der Waals surface area contributed by atoms with Crippen LogP contribution >= 0.6 is 0 Å². The molecule has 1 aliphatic rings. The smallest absolute Gasteiger partial charge is 0.0678 e. The summed E-state index contributed by atoms with van der Waals surface area (Å²) in [4.78, 5) is 2.59. The third-order valence-corrected chi connectivity index (χ3v) is 4.87. The van der Waals surface area contributed by atoms with Crippen LogP contribution < -0.4 is 5.32 Å². The van der Waals surface area contributed by atoms with Crippen LogP contribution in [0.2, 0.25) is 0 Å². The van der Waals surface area contributed by atoms with Crippen molar-refractivity contribution < 1.29 is 5.11 Å². The second kappa shape index (κ2) is 7.21. The van der Waals surface area contributed by atoms with Crippen LogP contribution in [-0.4, -0.2) is 42.8 Å². The summed E-state index contributed by atoms with van der Waals surface area (Å²) in [6.07, 6.45) is 4.82. The van der Waals surface area contributed by atoms with E-state index >= 15 is 0 Å². The molecule has 0 aromatic heterocycles. The highest BCUT2D eigenvalue weighted by Gasteiger charge is 2.32. The van der Waals surface area contributed by atoms with Crippen LogP contribution in [0, 0.1) is 0 Å². The van der Waals surface area contributed by atoms with Gasteiger partial charge in [0.05, 0.1) is 12.1 Å². The van der Waals surface area contributed by atoms with Gasteiger partial charge in [0.1, 0.15) is 0 Å². The van der Waals surface area contributed by atoms with Crippen molar-refractivity contribution in [2.45, 2.75) is 44.2 Å². The number of likely N-dealkylation sites (tertiary alicyclic amines) is 1. The summed E-state index contributed by atoms with van der Waals surface area (Å²) in [5.41, 5.74) is 0.861. The van der Waals surface area contributed by atoms with Gasteiger partial charge in [0.2, 0.25) is 0 Å². The Kier molecular flexibility index (Phi) is 5.58. The Morgan fingerprint density at radius 2 is 2.10 bits per heavy atom. The van der Waals surface area contributed by atoms with Crippen LogP contribution in [0.4, 0.5) is 0 Å². The number of aliphatic hydroxyl groups excluding tert-OH is 1. The molecule has 2 unspecified atom stereocenters. The van der Waals surface area contributed by atoms with Gasteiger partial charge in [-0.05, 0) is 44.8 Å². The van der Waals surface area contributed by atoms with Gasteiger partial charge in [-0.3, -0.25) is 0 Å². The molecule has 1 aromatic rings. The molecule has 0 radical (unpaired) electrons. The minimum atomic E-state index is -0.317. The molecule has 0 saturated carbocycles. The molecule has 0 bridgehead atoms. The molecule has 0 amide bonds. The highest BCUT2D eigenvalue weighted by Crippen LogP contribution is 2.27. The maximum atomic E-state index is 9.95. The van der Waals surface area contributed by atoms with Crippen LogP contribution in [0.5, 0.6) is 0 Å². The average molecular weight is 276 g/mol. The van der Waals surface area contributed by atoms with E-state index in [1.54, 1.807) is 0 Å². The number of aliphatic hydroxyl groups is 1. The molecule has 112 valence electrons. The summed E-state index contributed by atoms with van der Waals surface area (Å²) in [7, 11) is 1.95. The highest BCUT2D eigenvalue weighted by molar-refractivity contribution is 5.24. The van der Waals surface area contributed by atoms with Gasteiger partial charge in [-0.1, -0.05) is 37.3 Å². The largest absolute Gasteiger partial charge is 0.394 e. The van der Waals surface area contributed by atoms with Crippen molar-refractivity contribution in [1.29, 1.82) is 0 Å². The van der Waals surface area contributed by atoms with Crippen LogP contribution in [-0.2, 0) is 5.54 Å². The minimum absolute atomic E-state index is 0.137. The molecule has 3 heteroatoms. The average Bonchev–Trinajstić information content (AvgIpc) is 2.97. The van der Waals surface area contributed by atoms with Gasteiger partial charge in [0, 0.05) is 12.6 Å². The van der Waals surface area contributed by atoms with E-state index in [-0.39, 0.29) is 12.1 Å². The number of hydrogen-bond acceptors (Lipinski definition) is 3. The predicted molar refractivity (Wildman–Crippen MR) is 83.8 cm³/mol. The number of hydrogen-bond donors (Lipinski definition) is 2. The lowest BCUT2D eigenvalue weighted by Crippen LogP contribution is -2.46. The van der Waals surface area contributed by atoms with E-state index < -0.39 is 0 Å². The Labute approximate surface area is 123 Å². The van der Waals surface area contributed by atoms with Crippen molar-refractivity contribution in [3.05, 3.63) is 35.9 Å². The quantitative estimate of drug-likeness (QED) is 0.802. The summed E-state index contributed by atoms with van der Waals surface area (Å²) >= 11 is 0. The van der Waals surface area contributed by atoms with E-state index in [0.717, 1.165) is 19.0 Å². The standard InChI is InChI=1S/C17H28N2O/c1-3-16-10-7-12-19(16)13-11-17(14-20,18-2)15-8-5-4-6-9-15/h4-6,8-9,16,18,20H,3,7,10-14H2,1-2H3. The normalized spacial score (nSPS) is 22.9. The monoisotopic (exact) mass is 276 g/mol. The van der Waals surface area contributed by atoms with Crippen molar-refractivity contribution in [2.75, 3.05) is 26.7 Å². The molecule has 2 atom stereocenters. The van der Waals surface area contributed by atoms with Gasteiger partial charge in [-0.25, -0.2) is 0 Å². The lowest BCUT2D eigenvalue weighted by Gasteiger charge is -2.35. The van der Waals surface area contributed by atoms with Crippen molar-refractivity contribution in [1.82, 2.24) is 10.2 Å². The SMILES string of the molecule is CCC1CCCN1CCC(CO)(NC)c1ccccc1. The molecule has 1 heterocycles. The second-order valence-electron chi connectivity index (χ2n) is 5.85. The second-order valence-corrected chi connectivity index (χ2v) is 5.85. The molecule has 0 aliphatic carbocycles. The first kappa shape index (κ1) is 15.5.